The molecular weight excluding hydrogens is 200 g/mol. The number of nitrogens with one attached hydrogen (secondary N) is 2. The van der Waals surface area contributed by atoms with Crippen LogP contribution in [-0.2, 0) is 4.79 Å². The first-order chi connectivity index (χ1) is 7.68. The zero-order valence-electron chi connectivity index (χ0n) is 10.5. The number of amides is 1. The van der Waals surface area contributed by atoms with Crippen molar-refractivity contribution < 1.29 is 4.79 Å². The molecule has 2 N–H and O–H groups in total. The van der Waals surface area contributed by atoms with Crippen LogP contribution in [0.2, 0.25) is 0 Å². The molecule has 0 radical (unpaired) electrons. The van der Waals surface area contributed by atoms with E-state index in [0.29, 0.717) is 12.0 Å². The van der Waals surface area contributed by atoms with Crippen LogP contribution >= 0.6 is 0 Å². The van der Waals surface area contributed by atoms with Gasteiger partial charge in [-0.2, -0.15) is 0 Å². The lowest BCUT2D eigenvalue weighted by atomic mass is 9.97. The van der Waals surface area contributed by atoms with Gasteiger partial charge in [0.2, 0.25) is 5.91 Å². The first-order valence-corrected chi connectivity index (χ1v) is 6.69. The normalized spacial score (nSPS) is 38.9. The van der Waals surface area contributed by atoms with E-state index in [2.05, 4.69) is 24.5 Å². The van der Waals surface area contributed by atoms with Crippen LogP contribution in [0.5, 0.6) is 0 Å². The summed E-state index contributed by atoms with van der Waals surface area (Å²) >= 11 is 0. The molecule has 4 unspecified atom stereocenters. The van der Waals surface area contributed by atoms with Gasteiger partial charge in [0.1, 0.15) is 0 Å². The summed E-state index contributed by atoms with van der Waals surface area (Å²) in [6, 6.07) is 0.348. The molecule has 0 aromatic carbocycles. The highest BCUT2D eigenvalue weighted by Gasteiger charge is 2.30. The lowest BCUT2D eigenvalue weighted by Gasteiger charge is -2.19. The molecule has 3 heteroatoms. The first kappa shape index (κ1) is 11.9. The summed E-state index contributed by atoms with van der Waals surface area (Å²) in [4.78, 5) is 12.0. The van der Waals surface area contributed by atoms with Crippen LogP contribution in [-0.4, -0.2) is 25.0 Å². The minimum absolute atomic E-state index is 0.191. The molecule has 2 rings (SSSR count). The van der Waals surface area contributed by atoms with E-state index in [4.69, 9.17) is 0 Å². The molecule has 0 bridgehead atoms. The third kappa shape index (κ3) is 2.57. The van der Waals surface area contributed by atoms with Crippen molar-refractivity contribution >= 4 is 5.91 Å². The minimum Gasteiger partial charge on any atom is -0.356 e. The van der Waals surface area contributed by atoms with E-state index >= 15 is 0 Å². The van der Waals surface area contributed by atoms with Gasteiger partial charge in [-0.05, 0) is 38.1 Å². The molecule has 0 aromatic rings. The Balaban J connectivity index is 1.75. The fourth-order valence-corrected chi connectivity index (χ4v) is 3.11. The lowest BCUT2D eigenvalue weighted by molar-refractivity contribution is -0.125. The molecule has 4 atom stereocenters. The van der Waals surface area contributed by atoms with Crippen LogP contribution in [0.15, 0.2) is 0 Å². The van der Waals surface area contributed by atoms with Crippen LogP contribution < -0.4 is 10.6 Å². The van der Waals surface area contributed by atoms with Gasteiger partial charge in [-0.15, -0.1) is 0 Å². The Kier molecular flexibility index (Phi) is 3.85. The molecule has 1 amide bonds. The van der Waals surface area contributed by atoms with E-state index in [-0.39, 0.29) is 11.8 Å². The van der Waals surface area contributed by atoms with Gasteiger partial charge in [0.25, 0.3) is 0 Å². The summed E-state index contributed by atoms with van der Waals surface area (Å²) in [7, 11) is 0. The van der Waals surface area contributed by atoms with Crippen molar-refractivity contribution in [3.05, 3.63) is 0 Å². The summed E-state index contributed by atoms with van der Waals surface area (Å²) in [6.45, 7) is 6.29. The lowest BCUT2D eigenvalue weighted by Crippen LogP contribution is -2.39. The molecule has 1 saturated heterocycles. The van der Waals surface area contributed by atoms with Gasteiger partial charge < -0.3 is 10.6 Å². The summed E-state index contributed by atoms with van der Waals surface area (Å²) in [5.41, 5.74) is 0. The molecular formula is C13H24N2O. The van der Waals surface area contributed by atoms with Crippen LogP contribution in [0.3, 0.4) is 0 Å². The van der Waals surface area contributed by atoms with Gasteiger partial charge in [0, 0.05) is 12.6 Å². The summed E-state index contributed by atoms with van der Waals surface area (Å²) < 4.78 is 0. The van der Waals surface area contributed by atoms with Crippen LogP contribution in [0, 0.1) is 17.8 Å². The van der Waals surface area contributed by atoms with Gasteiger partial charge in [-0.25, -0.2) is 0 Å². The molecule has 1 aliphatic heterocycles. The van der Waals surface area contributed by atoms with E-state index in [0.717, 1.165) is 25.4 Å². The second-order valence-corrected chi connectivity index (χ2v) is 5.55. The standard InChI is InChI=1S/C13H24N2O/c1-9-4-3-5-11(9)8-15-13(16)12-6-7-14-10(12)2/h9-12,14H,3-8H2,1-2H3,(H,15,16). The Morgan fingerprint density at radius 1 is 1.31 bits per heavy atom. The molecule has 2 fully saturated rings. The minimum atomic E-state index is 0.191. The number of carbonyl (C=O) groups is 1. The van der Waals surface area contributed by atoms with Gasteiger partial charge in [-0.1, -0.05) is 19.8 Å². The van der Waals surface area contributed by atoms with Crippen LogP contribution in [0.4, 0.5) is 0 Å². The third-order valence-corrected chi connectivity index (χ3v) is 4.44. The number of carbonyl (C=O) groups excluding carboxylic acids is 1. The summed E-state index contributed by atoms with van der Waals surface area (Å²) in [5, 5.41) is 6.47. The van der Waals surface area contributed by atoms with Gasteiger partial charge in [0.05, 0.1) is 5.92 Å². The number of hydrogen-bond acceptors (Lipinski definition) is 2. The summed E-state index contributed by atoms with van der Waals surface area (Å²) in [5.74, 6) is 1.96. The molecule has 1 saturated carbocycles. The largest absolute Gasteiger partial charge is 0.356 e. The molecule has 1 aliphatic carbocycles. The second kappa shape index (κ2) is 5.17. The van der Waals surface area contributed by atoms with Crippen LogP contribution in [0.1, 0.15) is 39.5 Å². The molecule has 92 valence electrons. The molecule has 2 aliphatic rings. The fraction of sp³-hybridized carbons (Fsp3) is 0.923. The quantitative estimate of drug-likeness (QED) is 0.763. The predicted molar refractivity (Wildman–Crippen MR) is 65.1 cm³/mol. The molecule has 0 aromatic heterocycles. The molecule has 1 heterocycles. The zero-order valence-corrected chi connectivity index (χ0v) is 10.5. The maximum Gasteiger partial charge on any atom is 0.224 e. The predicted octanol–water partition coefficient (Wildman–Crippen LogP) is 1.54. The maximum atomic E-state index is 12.0. The highest BCUT2D eigenvalue weighted by molar-refractivity contribution is 5.79. The average Bonchev–Trinajstić information content (AvgIpc) is 2.84. The van der Waals surface area contributed by atoms with Gasteiger partial charge in [-0.3, -0.25) is 4.79 Å². The number of rotatable bonds is 3. The SMILES string of the molecule is CC1CCCC1CNC(=O)C1CCNC1C. The Bertz CT molecular complexity index is 254. The van der Waals surface area contributed by atoms with Gasteiger partial charge in [0.15, 0.2) is 0 Å². The molecule has 3 nitrogen and oxygen atoms in total. The Morgan fingerprint density at radius 2 is 2.12 bits per heavy atom. The smallest absolute Gasteiger partial charge is 0.224 e. The van der Waals surface area contributed by atoms with Crippen molar-refractivity contribution in [2.45, 2.75) is 45.6 Å². The zero-order chi connectivity index (χ0) is 11.5. The molecule has 0 spiro atoms. The van der Waals surface area contributed by atoms with E-state index in [9.17, 15) is 4.79 Å². The Hall–Kier alpha value is -0.570. The van der Waals surface area contributed by atoms with Crippen molar-refractivity contribution in [3.63, 3.8) is 0 Å². The maximum absolute atomic E-state index is 12.0. The highest BCUT2D eigenvalue weighted by atomic mass is 16.1. The van der Waals surface area contributed by atoms with E-state index in [1.807, 2.05) is 0 Å². The summed E-state index contributed by atoms with van der Waals surface area (Å²) in [6.07, 6.45) is 4.96. The van der Waals surface area contributed by atoms with Crippen molar-refractivity contribution in [1.82, 2.24) is 10.6 Å². The van der Waals surface area contributed by atoms with Crippen molar-refractivity contribution in [3.8, 4) is 0 Å². The average molecular weight is 224 g/mol. The topological polar surface area (TPSA) is 41.1 Å². The Labute approximate surface area is 98.4 Å². The van der Waals surface area contributed by atoms with Gasteiger partial charge >= 0.3 is 0 Å². The monoisotopic (exact) mass is 224 g/mol. The van der Waals surface area contributed by atoms with Crippen molar-refractivity contribution in [2.24, 2.45) is 17.8 Å². The van der Waals surface area contributed by atoms with Crippen LogP contribution in [0.25, 0.3) is 0 Å². The van der Waals surface area contributed by atoms with Crippen molar-refractivity contribution in [1.29, 1.82) is 0 Å². The number of hydrogen-bond donors (Lipinski definition) is 2. The van der Waals surface area contributed by atoms with Crippen molar-refractivity contribution in [2.75, 3.05) is 13.1 Å². The molecule has 16 heavy (non-hydrogen) atoms. The third-order valence-electron chi connectivity index (χ3n) is 4.44. The fourth-order valence-electron chi connectivity index (χ4n) is 3.11. The highest BCUT2D eigenvalue weighted by Crippen LogP contribution is 2.30. The first-order valence-electron chi connectivity index (χ1n) is 6.69. The van der Waals surface area contributed by atoms with E-state index < -0.39 is 0 Å². The Morgan fingerprint density at radius 3 is 2.69 bits per heavy atom. The van der Waals surface area contributed by atoms with E-state index in [1.165, 1.54) is 19.3 Å². The second-order valence-electron chi connectivity index (χ2n) is 5.55. The van der Waals surface area contributed by atoms with E-state index in [1.54, 1.807) is 0 Å².